The first-order valence-electron chi connectivity index (χ1n) is 4.95. The van der Waals surface area contributed by atoms with Gasteiger partial charge in [0, 0.05) is 10.6 Å². The maximum atomic E-state index is 13.5. The molecule has 0 fully saturated rings. The Labute approximate surface area is 106 Å². The summed E-state index contributed by atoms with van der Waals surface area (Å²) < 4.78 is 18.4. The van der Waals surface area contributed by atoms with Crippen LogP contribution in [0.2, 0.25) is 5.02 Å². The summed E-state index contributed by atoms with van der Waals surface area (Å²) in [6.45, 7) is 0. The van der Waals surface area contributed by atoms with E-state index in [0.29, 0.717) is 0 Å². The molecular weight excluding hydrogens is 263 g/mol. The van der Waals surface area contributed by atoms with Gasteiger partial charge in [0.15, 0.2) is 0 Å². The van der Waals surface area contributed by atoms with Gasteiger partial charge in [-0.3, -0.25) is 0 Å². The number of hydrogen-bond donors (Lipinski definition) is 2. The number of halogens is 2. The highest BCUT2D eigenvalue weighted by atomic mass is 35.5. The molecule has 2 rings (SSSR count). The number of furan rings is 1. The van der Waals surface area contributed by atoms with Crippen LogP contribution in [-0.4, -0.2) is 16.2 Å². The normalized spacial score (nSPS) is 12.4. The number of carboxylic acid groups (broad SMARTS) is 1. The molecule has 0 aliphatic rings. The zero-order valence-corrected chi connectivity index (χ0v) is 9.69. The van der Waals surface area contributed by atoms with Gasteiger partial charge in [-0.1, -0.05) is 11.6 Å². The number of carbonyl (C=O) groups is 1. The van der Waals surface area contributed by atoms with Crippen LogP contribution in [0.15, 0.2) is 34.7 Å². The van der Waals surface area contributed by atoms with Crippen LogP contribution in [0.25, 0.3) is 0 Å². The Bertz CT molecular complexity index is 594. The van der Waals surface area contributed by atoms with Gasteiger partial charge in [0.05, 0.1) is 0 Å². The summed E-state index contributed by atoms with van der Waals surface area (Å²) in [5.41, 5.74) is -0.0752. The summed E-state index contributed by atoms with van der Waals surface area (Å²) in [4.78, 5) is 10.6. The molecule has 94 valence electrons. The third-order valence-corrected chi connectivity index (χ3v) is 2.59. The van der Waals surface area contributed by atoms with Gasteiger partial charge in [-0.15, -0.1) is 0 Å². The van der Waals surface area contributed by atoms with Crippen LogP contribution in [0, 0.1) is 5.82 Å². The average molecular weight is 271 g/mol. The number of aliphatic hydroxyl groups excluding tert-OH is 1. The summed E-state index contributed by atoms with van der Waals surface area (Å²) in [7, 11) is 0. The number of carboxylic acids is 1. The number of benzene rings is 1. The van der Waals surface area contributed by atoms with Gasteiger partial charge >= 0.3 is 5.97 Å². The molecule has 1 aromatic heterocycles. The van der Waals surface area contributed by atoms with Crippen LogP contribution in [0.1, 0.15) is 28.0 Å². The summed E-state index contributed by atoms with van der Waals surface area (Å²) in [5, 5.41) is 18.8. The van der Waals surface area contributed by atoms with Crippen LogP contribution >= 0.6 is 11.6 Å². The Kier molecular flexibility index (Phi) is 3.36. The van der Waals surface area contributed by atoms with Crippen molar-refractivity contribution in [2.45, 2.75) is 6.10 Å². The summed E-state index contributed by atoms with van der Waals surface area (Å²) in [6.07, 6.45) is -1.41. The van der Waals surface area contributed by atoms with E-state index in [2.05, 4.69) is 0 Å². The third kappa shape index (κ3) is 2.37. The minimum absolute atomic E-state index is 0.0615. The quantitative estimate of drug-likeness (QED) is 0.900. The number of aromatic carboxylic acids is 1. The fourth-order valence-electron chi connectivity index (χ4n) is 1.49. The van der Waals surface area contributed by atoms with Crippen molar-refractivity contribution in [2.75, 3.05) is 0 Å². The lowest BCUT2D eigenvalue weighted by atomic mass is 10.1. The molecule has 1 unspecified atom stereocenters. The number of rotatable bonds is 3. The van der Waals surface area contributed by atoms with Gasteiger partial charge < -0.3 is 14.6 Å². The third-order valence-electron chi connectivity index (χ3n) is 2.36. The molecular formula is C12H8ClFO4. The summed E-state index contributed by atoms with van der Waals surface area (Å²) in [5.74, 6) is -2.31. The molecule has 6 heteroatoms. The topological polar surface area (TPSA) is 70.7 Å². The van der Waals surface area contributed by atoms with Gasteiger partial charge in [-0.25, -0.2) is 9.18 Å². The van der Waals surface area contributed by atoms with Crippen molar-refractivity contribution in [3.05, 3.63) is 58.3 Å². The van der Waals surface area contributed by atoms with Crippen molar-refractivity contribution in [1.82, 2.24) is 0 Å². The maximum absolute atomic E-state index is 13.5. The second kappa shape index (κ2) is 4.80. The highest BCUT2D eigenvalue weighted by Crippen LogP contribution is 2.28. The van der Waals surface area contributed by atoms with Gasteiger partial charge in [0.1, 0.15) is 17.7 Å². The van der Waals surface area contributed by atoms with E-state index in [1.165, 1.54) is 24.3 Å². The molecule has 0 spiro atoms. The van der Waals surface area contributed by atoms with Crippen LogP contribution < -0.4 is 0 Å². The molecule has 0 aliphatic heterocycles. The Hall–Kier alpha value is -1.85. The smallest absolute Gasteiger partial charge is 0.371 e. The number of aliphatic hydroxyl groups is 1. The molecule has 18 heavy (non-hydrogen) atoms. The molecule has 0 radical (unpaired) electrons. The zero-order valence-electron chi connectivity index (χ0n) is 8.93. The lowest BCUT2D eigenvalue weighted by molar-refractivity contribution is 0.0655. The predicted molar refractivity (Wildman–Crippen MR) is 61.1 cm³/mol. The van der Waals surface area contributed by atoms with E-state index in [0.717, 1.165) is 6.07 Å². The van der Waals surface area contributed by atoms with Crippen molar-refractivity contribution >= 4 is 17.6 Å². The lowest BCUT2D eigenvalue weighted by Gasteiger charge is -2.09. The minimum Gasteiger partial charge on any atom is -0.475 e. The molecule has 2 aromatic rings. The second-order valence-electron chi connectivity index (χ2n) is 3.58. The van der Waals surface area contributed by atoms with Crippen LogP contribution in [0.4, 0.5) is 4.39 Å². The number of hydrogen-bond acceptors (Lipinski definition) is 3. The molecule has 1 aromatic carbocycles. The van der Waals surface area contributed by atoms with Gasteiger partial charge in [-0.05, 0) is 30.3 Å². The first-order valence-corrected chi connectivity index (χ1v) is 5.33. The first kappa shape index (κ1) is 12.6. The lowest BCUT2D eigenvalue weighted by Crippen LogP contribution is -2.01. The summed E-state index contributed by atoms with van der Waals surface area (Å²) >= 11 is 5.70. The molecule has 0 saturated carbocycles. The van der Waals surface area contributed by atoms with Crippen molar-refractivity contribution in [3.8, 4) is 0 Å². The van der Waals surface area contributed by atoms with Crippen molar-refractivity contribution in [1.29, 1.82) is 0 Å². The highest BCUT2D eigenvalue weighted by Gasteiger charge is 2.20. The van der Waals surface area contributed by atoms with Crippen molar-refractivity contribution in [3.63, 3.8) is 0 Å². The zero-order chi connectivity index (χ0) is 13.3. The largest absolute Gasteiger partial charge is 0.475 e. The van der Waals surface area contributed by atoms with E-state index < -0.39 is 17.9 Å². The Morgan fingerprint density at radius 1 is 1.33 bits per heavy atom. The van der Waals surface area contributed by atoms with Crippen molar-refractivity contribution < 1.29 is 23.8 Å². The Balaban J connectivity index is 2.37. The van der Waals surface area contributed by atoms with Crippen LogP contribution in [0.3, 0.4) is 0 Å². The van der Waals surface area contributed by atoms with E-state index in [4.69, 9.17) is 21.1 Å². The monoisotopic (exact) mass is 270 g/mol. The summed E-state index contributed by atoms with van der Waals surface area (Å²) in [6, 6.07) is 6.17. The fourth-order valence-corrected chi connectivity index (χ4v) is 1.67. The Morgan fingerprint density at radius 2 is 2.06 bits per heavy atom. The van der Waals surface area contributed by atoms with Gasteiger partial charge in [-0.2, -0.15) is 0 Å². The standard InChI is InChI=1S/C12H8ClFO4/c13-6-1-2-8(14)7(5-6)11(15)9-3-4-10(18-9)12(16)17/h1-5,11,15H,(H,16,17). The van der Waals surface area contributed by atoms with E-state index in [9.17, 15) is 14.3 Å². The molecule has 0 saturated heterocycles. The van der Waals surface area contributed by atoms with Crippen LogP contribution in [-0.2, 0) is 0 Å². The molecule has 4 nitrogen and oxygen atoms in total. The van der Waals surface area contributed by atoms with Gasteiger partial charge in [0.2, 0.25) is 5.76 Å². The predicted octanol–water partition coefficient (Wildman–Crippen LogP) is 2.85. The Morgan fingerprint density at radius 3 is 2.67 bits per heavy atom. The average Bonchev–Trinajstić information content (AvgIpc) is 2.81. The van der Waals surface area contributed by atoms with E-state index in [1.54, 1.807) is 0 Å². The van der Waals surface area contributed by atoms with E-state index in [-0.39, 0.29) is 22.1 Å². The van der Waals surface area contributed by atoms with Crippen molar-refractivity contribution in [2.24, 2.45) is 0 Å². The SMILES string of the molecule is O=C(O)c1ccc(C(O)c2cc(Cl)ccc2F)o1. The second-order valence-corrected chi connectivity index (χ2v) is 4.01. The van der Waals surface area contributed by atoms with E-state index in [1.807, 2.05) is 0 Å². The molecule has 2 N–H and O–H groups in total. The molecule has 0 aliphatic carbocycles. The van der Waals surface area contributed by atoms with Crippen LogP contribution in [0.5, 0.6) is 0 Å². The maximum Gasteiger partial charge on any atom is 0.371 e. The molecule has 0 bridgehead atoms. The first-order chi connectivity index (χ1) is 8.49. The molecule has 1 heterocycles. The molecule has 0 amide bonds. The van der Waals surface area contributed by atoms with E-state index >= 15 is 0 Å². The minimum atomic E-state index is -1.41. The molecule has 1 atom stereocenters. The fraction of sp³-hybridized carbons (Fsp3) is 0.0833. The highest BCUT2D eigenvalue weighted by molar-refractivity contribution is 6.30. The van der Waals surface area contributed by atoms with Gasteiger partial charge in [0.25, 0.3) is 0 Å².